The van der Waals surface area contributed by atoms with Crippen molar-refractivity contribution >= 4 is 44.2 Å². The number of aliphatic carboxylic acids is 1. The number of hydrogen-bond acceptors (Lipinski definition) is 7. The van der Waals surface area contributed by atoms with Gasteiger partial charge in [-0.25, -0.2) is 8.42 Å². The van der Waals surface area contributed by atoms with Crippen molar-refractivity contribution in [2.75, 3.05) is 6.54 Å². The maximum Gasteiger partial charge on any atom is 0.323 e. The number of carboxylic acids is 1. The van der Waals surface area contributed by atoms with E-state index >= 15 is 0 Å². The topological polar surface area (TPSA) is 184 Å². The summed E-state index contributed by atoms with van der Waals surface area (Å²) in [6.07, 6.45) is -0.303. The smallest absolute Gasteiger partial charge is 0.323 e. The Morgan fingerprint density at radius 1 is 1.11 bits per heavy atom. The lowest BCUT2D eigenvalue weighted by atomic mass is 10.0. The molecule has 0 spiro atoms. The summed E-state index contributed by atoms with van der Waals surface area (Å²) in [4.78, 5) is 29.5. The number of nitrogens with zero attached hydrogens (tertiary/aromatic N) is 1. The zero-order valence-corrected chi connectivity index (χ0v) is 20.4. The predicted octanol–water partition coefficient (Wildman–Crippen LogP) is 1.55. The molecule has 0 aromatic heterocycles. The zero-order valence-electron chi connectivity index (χ0n) is 19.5. The number of carbonyl (C=O) groups is 2. The Kier molecular flexibility index (Phi) is 7.50. The van der Waals surface area contributed by atoms with Gasteiger partial charge in [0.05, 0.1) is 17.0 Å². The van der Waals surface area contributed by atoms with Gasteiger partial charge < -0.3 is 21.0 Å². The van der Waals surface area contributed by atoms with Crippen LogP contribution in [0.4, 0.5) is 0 Å². The van der Waals surface area contributed by atoms with Crippen LogP contribution in [0.25, 0.3) is 10.8 Å². The summed E-state index contributed by atoms with van der Waals surface area (Å²) in [5, 5.41) is 24.6. The Bertz CT molecular complexity index is 1480. The first-order chi connectivity index (χ1) is 17.6. The van der Waals surface area contributed by atoms with Gasteiger partial charge in [0.15, 0.2) is 0 Å². The molecule has 1 aliphatic rings. The van der Waals surface area contributed by atoms with Gasteiger partial charge in [-0.2, -0.15) is 4.72 Å². The van der Waals surface area contributed by atoms with Crippen molar-refractivity contribution in [3.05, 3.63) is 77.9 Å². The lowest BCUT2D eigenvalue weighted by molar-refractivity contribution is -0.138. The first-order valence-corrected chi connectivity index (χ1v) is 12.8. The maximum absolute atomic E-state index is 13.0. The highest BCUT2D eigenvalue weighted by molar-refractivity contribution is 7.89. The van der Waals surface area contributed by atoms with Gasteiger partial charge in [-0.1, -0.05) is 65.8 Å². The molecule has 12 heteroatoms. The van der Waals surface area contributed by atoms with E-state index in [1.165, 1.54) is 6.07 Å². The van der Waals surface area contributed by atoms with Crippen LogP contribution in [0.3, 0.4) is 0 Å². The lowest BCUT2D eigenvalue weighted by Crippen LogP contribution is -2.48. The van der Waals surface area contributed by atoms with Crippen LogP contribution >= 0.6 is 0 Å². The first-order valence-electron chi connectivity index (χ1n) is 11.3. The minimum Gasteiger partial charge on any atom is -0.480 e. The van der Waals surface area contributed by atoms with Crippen molar-refractivity contribution in [3.63, 3.8) is 0 Å². The van der Waals surface area contributed by atoms with Gasteiger partial charge in [-0.05, 0) is 17.0 Å². The average Bonchev–Trinajstić information content (AvgIpc) is 3.34. The molecule has 6 N–H and O–H groups in total. The Morgan fingerprint density at radius 2 is 1.81 bits per heavy atom. The van der Waals surface area contributed by atoms with Crippen LogP contribution in [0, 0.1) is 5.41 Å². The number of amidine groups is 1. The number of nitrogens with one attached hydrogen (secondary N) is 3. The second-order valence-corrected chi connectivity index (χ2v) is 10.1. The number of amides is 1. The fourth-order valence-electron chi connectivity index (χ4n) is 3.91. The second-order valence-electron chi connectivity index (χ2n) is 8.46. The van der Waals surface area contributed by atoms with Gasteiger partial charge in [-0.15, -0.1) is 0 Å². The minimum absolute atomic E-state index is 0.0511. The van der Waals surface area contributed by atoms with E-state index in [9.17, 15) is 23.1 Å². The fraction of sp³-hybridized carbons (Fsp3) is 0.200. The van der Waals surface area contributed by atoms with Crippen molar-refractivity contribution in [2.24, 2.45) is 10.9 Å². The van der Waals surface area contributed by atoms with Crippen molar-refractivity contribution in [1.29, 1.82) is 5.41 Å². The summed E-state index contributed by atoms with van der Waals surface area (Å²) in [5.41, 5.74) is 7.42. The Balaban J connectivity index is 1.33. The van der Waals surface area contributed by atoms with Crippen molar-refractivity contribution in [1.82, 2.24) is 10.0 Å². The highest BCUT2D eigenvalue weighted by Gasteiger charge is 2.29. The van der Waals surface area contributed by atoms with Crippen LogP contribution in [0.5, 0.6) is 0 Å². The number of benzene rings is 3. The average molecular weight is 524 g/mol. The molecule has 11 nitrogen and oxygen atoms in total. The number of nitrogen functional groups attached to an aromatic ring is 1. The molecular formula is C25H25N5O6S. The molecule has 37 heavy (non-hydrogen) atoms. The second kappa shape index (κ2) is 10.8. The number of sulfonamides is 1. The molecule has 1 amide bonds. The molecule has 2 atom stereocenters. The molecule has 0 saturated carbocycles. The molecule has 1 aliphatic heterocycles. The summed E-state index contributed by atoms with van der Waals surface area (Å²) in [7, 11) is -4.19. The Hall–Kier alpha value is -4.29. The van der Waals surface area contributed by atoms with Crippen LogP contribution in [0.1, 0.15) is 24.0 Å². The molecule has 0 saturated heterocycles. The third kappa shape index (κ3) is 6.11. The molecule has 3 aromatic rings. The minimum atomic E-state index is -4.19. The standard InChI is InChI=1S/C25H25N5O6S/c26-24(27)17-10-8-16(9-11-17)20-12-18(36-29-20)13-23(31)28-14-21(25(32)33)30-37(34,35)22-7-3-5-15-4-1-2-6-19(15)22/h1-11,18,21,30H,12-14H2,(H3,26,27)(H,28,31)(H,32,33)/t18?,21-/m0/s1. The van der Waals surface area contributed by atoms with Crippen molar-refractivity contribution in [3.8, 4) is 0 Å². The summed E-state index contributed by atoms with van der Waals surface area (Å²) in [6.45, 7) is -0.453. The third-order valence-electron chi connectivity index (χ3n) is 5.81. The summed E-state index contributed by atoms with van der Waals surface area (Å²) in [6, 6.07) is 16.9. The third-order valence-corrected chi connectivity index (χ3v) is 7.34. The molecule has 0 fully saturated rings. The van der Waals surface area contributed by atoms with E-state index in [0.717, 1.165) is 5.56 Å². The van der Waals surface area contributed by atoms with Crippen molar-refractivity contribution < 1.29 is 28.0 Å². The Morgan fingerprint density at radius 3 is 2.51 bits per heavy atom. The van der Waals surface area contributed by atoms with Crippen LogP contribution < -0.4 is 15.8 Å². The summed E-state index contributed by atoms with van der Waals surface area (Å²) < 4.78 is 28.1. The van der Waals surface area contributed by atoms with Gasteiger partial charge in [0.25, 0.3) is 0 Å². The van der Waals surface area contributed by atoms with E-state index in [-0.39, 0.29) is 17.2 Å². The molecule has 4 rings (SSSR count). The maximum atomic E-state index is 13.0. The van der Waals surface area contributed by atoms with E-state index in [0.29, 0.717) is 28.5 Å². The van der Waals surface area contributed by atoms with Gasteiger partial charge in [0, 0.05) is 23.9 Å². The largest absolute Gasteiger partial charge is 0.480 e. The van der Waals surface area contributed by atoms with E-state index in [4.69, 9.17) is 16.0 Å². The molecule has 0 radical (unpaired) electrons. The SMILES string of the molecule is N=C(N)c1ccc(C2=NOC(CC(=O)NC[C@H](NS(=O)(=O)c3cccc4ccccc34)C(=O)O)C2)cc1. The number of carboxylic acid groups (broad SMARTS) is 1. The lowest BCUT2D eigenvalue weighted by Gasteiger charge is -2.17. The normalized spacial score (nSPS) is 16.0. The number of fused-ring (bicyclic) bond motifs is 1. The van der Waals surface area contributed by atoms with Crippen LogP contribution in [0.2, 0.25) is 0 Å². The number of rotatable bonds is 10. The van der Waals surface area contributed by atoms with Crippen LogP contribution in [-0.4, -0.2) is 55.6 Å². The monoisotopic (exact) mass is 523 g/mol. The van der Waals surface area contributed by atoms with Crippen LogP contribution in [0.15, 0.2) is 76.8 Å². The van der Waals surface area contributed by atoms with Gasteiger partial charge in [0.1, 0.15) is 18.0 Å². The molecular weight excluding hydrogens is 498 g/mol. The highest BCUT2D eigenvalue weighted by Crippen LogP contribution is 2.23. The number of oxime groups is 1. The number of hydrogen-bond donors (Lipinski definition) is 5. The zero-order chi connectivity index (χ0) is 26.6. The molecule has 3 aromatic carbocycles. The summed E-state index contributed by atoms with van der Waals surface area (Å²) >= 11 is 0. The number of carbonyl (C=O) groups excluding carboxylic acids is 1. The molecule has 192 valence electrons. The predicted molar refractivity (Wildman–Crippen MR) is 137 cm³/mol. The first kappa shape index (κ1) is 25.8. The molecule has 1 unspecified atom stereocenters. The van der Waals surface area contributed by atoms with Crippen LogP contribution in [-0.2, 0) is 24.4 Å². The van der Waals surface area contributed by atoms with E-state index in [1.807, 2.05) is 0 Å². The van der Waals surface area contributed by atoms with E-state index < -0.39 is 40.6 Å². The van der Waals surface area contributed by atoms with E-state index in [2.05, 4.69) is 15.2 Å². The fourth-order valence-corrected chi connectivity index (χ4v) is 5.32. The van der Waals surface area contributed by atoms with E-state index in [1.54, 1.807) is 60.7 Å². The Labute approximate surface area is 212 Å². The van der Waals surface area contributed by atoms with Crippen molar-refractivity contribution in [2.45, 2.75) is 29.9 Å². The highest BCUT2D eigenvalue weighted by atomic mass is 32.2. The van der Waals surface area contributed by atoms with Gasteiger partial charge in [-0.3, -0.25) is 15.0 Å². The molecule has 0 bridgehead atoms. The molecule has 1 heterocycles. The quantitative estimate of drug-likeness (QED) is 0.197. The molecule has 0 aliphatic carbocycles. The van der Waals surface area contributed by atoms with Gasteiger partial charge in [0.2, 0.25) is 15.9 Å². The van der Waals surface area contributed by atoms with Gasteiger partial charge >= 0.3 is 5.97 Å². The number of nitrogens with two attached hydrogens (primary N) is 1. The summed E-state index contributed by atoms with van der Waals surface area (Å²) in [5.74, 6) is -1.99.